The number of hydrogen-bond acceptors (Lipinski definition) is 6. The second kappa shape index (κ2) is 8.14. The molecule has 1 N–H and O–H groups in total. The van der Waals surface area contributed by atoms with Crippen LogP contribution in [0.2, 0.25) is 0 Å². The molecule has 2 atom stereocenters. The minimum atomic E-state index is -0.782. The molecule has 3 fully saturated rings. The predicted octanol–water partition coefficient (Wildman–Crippen LogP) is 3.02. The van der Waals surface area contributed by atoms with Gasteiger partial charge in [0.25, 0.3) is 0 Å². The smallest absolute Gasteiger partial charge is 0.333 e. The molecule has 148 valence electrons. The fraction of sp³-hybridized carbons (Fsp3) is 0.429. The standard InChI is InChI=1S/C21H24FN3O3/c1-27-19-6-5-15(12-23-19)20(24-17-4-2-3-16(22)11-17)21(26)28-18-13-25-9-7-14(18)8-10-25/h2-6,11-12,14,18,20,24H,7-10,13H2,1H3. The van der Waals surface area contributed by atoms with Gasteiger partial charge < -0.3 is 14.8 Å². The lowest BCUT2D eigenvalue weighted by atomic mass is 9.86. The number of aromatic nitrogens is 1. The Bertz CT molecular complexity index is 822. The molecule has 28 heavy (non-hydrogen) atoms. The number of piperidine rings is 3. The van der Waals surface area contributed by atoms with Crippen LogP contribution in [0.3, 0.4) is 0 Å². The number of ether oxygens (including phenoxy) is 2. The second-order valence-electron chi connectivity index (χ2n) is 7.33. The first-order valence-electron chi connectivity index (χ1n) is 9.57. The quantitative estimate of drug-likeness (QED) is 0.772. The molecule has 2 unspecified atom stereocenters. The van der Waals surface area contributed by atoms with Crippen LogP contribution in [0.4, 0.5) is 10.1 Å². The van der Waals surface area contributed by atoms with E-state index in [4.69, 9.17) is 9.47 Å². The number of halogens is 1. The highest BCUT2D eigenvalue weighted by atomic mass is 19.1. The lowest BCUT2D eigenvalue weighted by Gasteiger charge is -2.44. The van der Waals surface area contributed by atoms with Gasteiger partial charge in [0.15, 0.2) is 6.04 Å². The third-order valence-corrected chi connectivity index (χ3v) is 5.54. The SMILES string of the molecule is COc1ccc(C(Nc2cccc(F)c2)C(=O)OC2CN3CCC2CC3)cn1. The van der Waals surface area contributed by atoms with E-state index in [1.165, 1.54) is 19.2 Å². The first-order chi connectivity index (χ1) is 13.6. The molecular weight excluding hydrogens is 361 g/mol. The van der Waals surface area contributed by atoms with Gasteiger partial charge in [-0.3, -0.25) is 4.90 Å². The van der Waals surface area contributed by atoms with Crippen molar-refractivity contribution in [2.45, 2.75) is 25.0 Å². The zero-order valence-corrected chi connectivity index (χ0v) is 15.8. The number of anilines is 1. The summed E-state index contributed by atoms with van der Waals surface area (Å²) in [5, 5.41) is 3.10. The van der Waals surface area contributed by atoms with Gasteiger partial charge in [-0.05, 0) is 56.1 Å². The number of carbonyl (C=O) groups is 1. The van der Waals surface area contributed by atoms with E-state index in [9.17, 15) is 9.18 Å². The fourth-order valence-corrected chi connectivity index (χ4v) is 3.97. The van der Waals surface area contributed by atoms with Gasteiger partial charge in [-0.25, -0.2) is 14.2 Å². The molecule has 0 aliphatic carbocycles. The van der Waals surface area contributed by atoms with E-state index in [0.717, 1.165) is 32.5 Å². The van der Waals surface area contributed by atoms with Gasteiger partial charge in [-0.2, -0.15) is 0 Å². The third kappa shape index (κ3) is 4.09. The summed E-state index contributed by atoms with van der Waals surface area (Å²) in [6.45, 7) is 2.93. The first kappa shape index (κ1) is 18.7. The summed E-state index contributed by atoms with van der Waals surface area (Å²) in [4.78, 5) is 19.6. The highest BCUT2D eigenvalue weighted by molar-refractivity contribution is 5.81. The zero-order chi connectivity index (χ0) is 19.5. The molecule has 0 amide bonds. The normalized spacial score (nSPS) is 24.4. The van der Waals surface area contributed by atoms with Gasteiger partial charge in [0.2, 0.25) is 5.88 Å². The summed E-state index contributed by atoms with van der Waals surface area (Å²) in [6.07, 6.45) is 3.60. The number of nitrogens with zero attached hydrogens (tertiary/aromatic N) is 2. The number of benzene rings is 1. The van der Waals surface area contributed by atoms with E-state index in [2.05, 4.69) is 15.2 Å². The lowest BCUT2D eigenvalue weighted by molar-refractivity contribution is -0.159. The lowest BCUT2D eigenvalue weighted by Crippen LogP contribution is -2.52. The van der Waals surface area contributed by atoms with Crippen LogP contribution in [0.5, 0.6) is 5.88 Å². The highest BCUT2D eigenvalue weighted by Crippen LogP contribution is 2.31. The Morgan fingerprint density at radius 2 is 2.11 bits per heavy atom. The van der Waals surface area contributed by atoms with Gasteiger partial charge in [-0.1, -0.05) is 6.07 Å². The first-order valence-corrected chi connectivity index (χ1v) is 9.57. The molecule has 0 radical (unpaired) electrons. The number of carbonyl (C=O) groups excluding carboxylic acids is 1. The fourth-order valence-electron chi connectivity index (χ4n) is 3.97. The minimum absolute atomic E-state index is 0.0991. The molecule has 1 aromatic carbocycles. The molecule has 2 aromatic rings. The van der Waals surface area contributed by atoms with Crippen LogP contribution in [-0.2, 0) is 9.53 Å². The third-order valence-electron chi connectivity index (χ3n) is 5.54. The largest absolute Gasteiger partial charge is 0.481 e. The van der Waals surface area contributed by atoms with Crippen molar-refractivity contribution in [3.8, 4) is 5.88 Å². The van der Waals surface area contributed by atoms with Gasteiger partial charge in [0, 0.05) is 30.1 Å². The van der Waals surface area contributed by atoms with Crippen LogP contribution < -0.4 is 10.1 Å². The molecule has 0 saturated carbocycles. The van der Waals surface area contributed by atoms with E-state index < -0.39 is 6.04 Å². The molecule has 2 bridgehead atoms. The molecule has 6 nitrogen and oxygen atoms in total. The van der Waals surface area contributed by atoms with Crippen molar-refractivity contribution in [2.75, 3.05) is 32.1 Å². The van der Waals surface area contributed by atoms with Gasteiger partial charge in [0.1, 0.15) is 11.9 Å². The Kier molecular flexibility index (Phi) is 5.43. The molecule has 7 heteroatoms. The van der Waals surface area contributed by atoms with Crippen molar-refractivity contribution >= 4 is 11.7 Å². The number of esters is 1. The molecule has 0 spiro atoms. The Balaban J connectivity index is 1.55. The molecule has 4 heterocycles. The Morgan fingerprint density at radius 1 is 1.29 bits per heavy atom. The van der Waals surface area contributed by atoms with Crippen molar-refractivity contribution in [2.24, 2.45) is 5.92 Å². The minimum Gasteiger partial charge on any atom is -0.481 e. The maximum absolute atomic E-state index is 13.6. The van der Waals surface area contributed by atoms with Crippen LogP contribution in [0, 0.1) is 11.7 Å². The van der Waals surface area contributed by atoms with E-state index in [1.54, 1.807) is 30.5 Å². The summed E-state index contributed by atoms with van der Waals surface area (Å²) < 4.78 is 24.6. The van der Waals surface area contributed by atoms with Crippen LogP contribution in [-0.4, -0.2) is 48.7 Å². The molecule has 3 aliphatic rings. The van der Waals surface area contributed by atoms with Gasteiger partial charge in [-0.15, -0.1) is 0 Å². The number of pyridine rings is 1. The predicted molar refractivity (Wildman–Crippen MR) is 103 cm³/mol. The van der Waals surface area contributed by atoms with E-state index in [-0.39, 0.29) is 17.9 Å². The van der Waals surface area contributed by atoms with E-state index >= 15 is 0 Å². The summed E-state index contributed by atoms with van der Waals surface area (Å²) in [5.41, 5.74) is 1.14. The van der Waals surface area contributed by atoms with Crippen LogP contribution >= 0.6 is 0 Å². The van der Waals surface area contributed by atoms with Crippen molar-refractivity contribution in [1.29, 1.82) is 0 Å². The topological polar surface area (TPSA) is 63.7 Å². The van der Waals surface area contributed by atoms with Crippen LogP contribution in [0.15, 0.2) is 42.6 Å². The van der Waals surface area contributed by atoms with Crippen molar-refractivity contribution < 1.29 is 18.7 Å². The summed E-state index contributed by atoms with van der Waals surface area (Å²) in [5.74, 6) is 0.120. The van der Waals surface area contributed by atoms with Crippen molar-refractivity contribution in [3.63, 3.8) is 0 Å². The van der Waals surface area contributed by atoms with Crippen LogP contribution in [0.25, 0.3) is 0 Å². The highest BCUT2D eigenvalue weighted by Gasteiger charge is 2.38. The number of hydrogen-bond donors (Lipinski definition) is 1. The van der Waals surface area contributed by atoms with E-state index in [1.807, 2.05) is 0 Å². The van der Waals surface area contributed by atoms with Crippen molar-refractivity contribution in [3.05, 3.63) is 54.0 Å². The monoisotopic (exact) mass is 385 g/mol. The second-order valence-corrected chi connectivity index (χ2v) is 7.33. The van der Waals surface area contributed by atoms with E-state index in [0.29, 0.717) is 23.0 Å². The maximum Gasteiger partial charge on any atom is 0.333 e. The van der Waals surface area contributed by atoms with Crippen LogP contribution in [0.1, 0.15) is 24.4 Å². The molecule has 3 saturated heterocycles. The molecular formula is C21H24FN3O3. The Hall–Kier alpha value is -2.67. The van der Waals surface area contributed by atoms with Gasteiger partial charge >= 0.3 is 5.97 Å². The average molecular weight is 385 g/mol. The number of fused-ring (bicyclic) bond motifs is 3. The summed E-state index contributed by atoms with van der Waals surface area (Å²) in [7, 11) is 1.53. The molecule has 1 aromatic heterocycles. The average Bonchev–Trinajstić information content (AvgIpc) is 2.73. The summed E-state index contributed by atoms with van der Waals surface area (Å²) >= 11 is 0. The zero-order valence-electron chi connectivity index (χ0n) is 15.8. The molecule has 5 rings (SSSR count). The summed E-state index contributed by atoms with van der Waals surface area (Å²) in [6, 6.07) is 8.70. The molecule has 3 aliphatic heterocycles. The van der Waals surface area contributed by atoms with Crippen molar-refractivity contribution in [1.82, 2.24) is 9.88 Å². The Labute approximate surface area is 163 Å². The number of methoxy groups -OCH3 is 1. The maximum atomic E-state index is 13.6. The number of rotatable bonds is 6. The van der Waals surface area contributed by atoms with Gasteiger partial charge in [0.05, 0.1) is 7.11 Å². The Morgan fingerprint density at radius 3 is 2.71 bits per heavy atom. The number of nitrogens with one attached hydrogen (secondary N) is 1.